The lowest BCUT2D eigenvalue weighted by molar-refractivity contribution is -0.121. The van der Waals surface area contributed by atoms with Crippen LogP contribution in [0.15, 0.2) is 62.5 Å². The molecule has 4 rings (SSSR count). The summed E-state index contributed by atoms with van der Waals surface area (Å²) in [5.41, 5.74) is 8.16. The van der Waals surface area contributed by atoms with E-state index in [0.717, 1.165) is 25.6 Å². The molecule has 1 amide bonds. The number of hydrogen-bond donors (Lipinski definition) is 2. The highest BCUT2D eigenvalue weighted by molar-refractivity contribution is 9.10. The van der Waals surface area contributed by atoms with Gasteiger partial charge in [0.25, 0.3) is 0 Å². The lowest BCUT2D eigenvalue weighted by atomic mass is 10.0. The Balaban J connectivity index is 1.63. The van der Waals surface area contributed by atoms with Gasteiger partial charge in [0, 0.05) is 21.2 Å². The summed E-state index contributed by atoms with van der Waals surface area (Å²) in [7, 11) is 0. The number of aliphatic imine (C=N–C) groups is 1. The van der Waals surface area contributed by atoms with E-state index < -0.39 is 0 Å². The number of hydrogen-bond acceptors (Lipinski definition) is 5. The van der Waals surface area contributed by atoms with Crippen molar-refractivity contribution in [2.45, 2.75) is 11.9 Å². The molecule has 0 aromatic heterocycles. The predicted molar refractivity (Wildman–Crippen MR) is 113 cm³/mol. The van der Waals surface area contributed by atoms with Crippen LogP contribution in [0.5, 0.6) is 0 Å². The summed E-state index contributed by atoms with van der Waals surface area (Å²) >= 11 is 8.53. The van der Waals surface area contributed by atoms with Crippen molar-refractivity contribution in [2.24, 2.45) is 10.9 Å². The second-order valence-corrected chi connectivity index (χ2v) is 8.83. The van der Waals surface area contributed by atoms with Crippen molar-refractivity contribution in [1.82, 2.24) is 10.9 Å². The molecule has 2 aliphatic rings. The number of anilines is 1. The Hall–Kier alpha value is -1.19. The fraction of sp³-hybridized carbons (Fsp3) is 0.222. The number of benzene rings is 2. The van der Waals surface area contributed by atoms with Crippen molar-refractivity contribution in [1.29, 1.82) is 0 Å². The molecule has 0 aliphatic carbocycles. The van der Waals surface area contributed by atoms with Crippen LogP contribution in [0, 0.1) is 5.92 Å². The summed E-state index contributed by atoms with van der Waals surface area (Å²) in [5, 5.41) is 0.717. The molecule has 134 valence electrons. The molecular formula is C18H16Br2N4OS. The number of halogens is 2. The molecule has 0 saturated carbocycles. The lowest BCUT2D eigenvalue weighted by Gasteiger charge is -2.32. The zero-order chi connectivity index (χ0) is 18.1. The Bertz CT molecular complexity index is 859. The van der Waals surface area contributed by atoms with Gasteiger partial charge in [-0.25, -0.2) is 10.4 Å². The number of thioether (sulfide) groups is 1. The maximum atomic E-state index is 13.1. The van der Waals surface area contributed by atoms with Crippen molar-refractivity contribution in [3.05, 3.63) is 63.0 Å². The molecule has 0 spiro atoms. The molecule has 2 N–H and O–H groups in total. The number of fused-ring (bicyclic) bond motifs is 1. The van der Waals surface area contributed by atoms with Gasteiger partial charge in [0.1, 0.15) is 6.17 Å². The van der Waals surface area contributed by atoms with E-state index >= 15 is 0 Å². The second-order valence-electron chi connectivity index (χ2n) is 6.06. The van der Waals surface area contributed by atoms with Crippen LogP contribution in [0.1, 0.15) is 5.56 Å². The molecule has 0 bridgehead atoms. The highest BCUT2D eigenvalue weighted by atomic mass is 79.9. The topological polar surface area (TPSA) is 56.7 Å². The summed E-state index contributed by atoms with van der Waals surface area (Å²) in [6.45, 7) is 0.587. The number of nitrogens with one attached hydrogen (secondary N) is 2. The lowest BCUT2D eigenvalue weighted by Crippen LogP contribution is -2.49. The molecule has 1 saturated heterocycles. The van der Waals surface area contributed by atoms with E-state index in [4.69, 9.17) is 4.99 Å². The quantitative estimate of drug-likeness (QED) is 0.678. The van der Waals surface area contributed by atoms with Crippen LogP contribution in [0.2, 0.25) is 0 Å². The van der Waals surface area contributed by atoms with Gasteiger partial charge in [0.05, 0.1) is 11.6 Å². The van der Waals surface area contributed by atoms with E-state index in [0.29, 0.717) is 6.54 Å². The number of amidine groups is 1. The van der Waals surface area contributed by atoms with Gasteiger partial charge in [0.15, 0.2) is 5.17 Å². The van der Waals surface area contributed by atoms with E-state index in [-0.39, 0.29) is 18.0 Å². The van der Waals surface area contributed by atoms with Crippen LogP contribution >= 0.6 is 43.6 Å². The normalized spacial score (nSPS) is 22.3. The second kappa shape index (κ2) is 7.82. The predicted octanol–water partition coefficient (Wildman–Crippen LogP) is 3.90. The third-order valence-corrected chi connectivity index (χ3v) is 6.32. The first-order valence-corrected chi connectivity index (χ1v) is 10.7. The third kappa shape index (κ3) is 3.75. The zero-order valence-corrected chi connectivity index (χ0v) is 17.6. The highest BCUT2D eigenvalue weighted by Crippen LogP contribution is 2.31. The molecule has 2 atom stereocenters. The molecule has 2 unspecified atom stereocenters. The van der Waals surface area contributed by atoms with Crippen LogP contribution < -0.4 is 15.8 Å². The van der Waals surface area contributed by atoms with Crippen LogP contribution in [-0.4, -0.2) is 23.8 Å². The Kier molecular flexibility index (Phi) is 5.47. The van der Waals surface area contributed by atoms with Crippen LogP contribution in [-0.2, 0) is 10.5 Å². The van der Waals surface area contributed by atoms with E-state index in [1.807, 2.05) is 36.4 Å². The number of hydrazine groups is 1. The van der Waals surface area contributed by atoms with Gasteiger partial charge in [-0.2, -0.15) is 0 Å². The monoisotopic (exact) mass is 494 g/mol. The van der Waals surface area contributed by atoms with Crippen LogP contribution in [0.3, 0.4) is 0 Å². The van der Waals surface area contributed by atoms with Gasteiger partial charge in [-0.05, 0) is 42.0 Å². The summed E-state index contributed by atoms with van der Waals surface area (Å²) in [5.74, 6) is 0.624. The molecule has 5 nitrogen and oxygen atoms in total. The standard InChI is InChI=1S/C18H16Br2N4OS/c19-12-4-6-14(7-5-12)24-17(25)15-9-21-23-16(15)22-18(24)26-10-11-2-1-3-13(20)8-11/h1-8,15-16,21,23H,9-10H2. The van der Waals surface area contributed by atoms with E-state index in [9.17, 15) is 4.79 Å². The van der Waals surface area contributed by atoms with Crippen molar-refractivity contribution >= 4 is 60.4 Å². The fourth-order valence-corrected chi connectivity index (χ4v) is 4.67. The minimum atomic E-state index is -0.209. The maximum Gasteiger partial charge on any atom is 0.241 e. The van der Waals surface area contributed by atoms with Gasteiger partial charge in [-0.1, -0.05) is 55.8 Å². The number of carbonyl (C=O) groups is 1. The average Bonchev–Trinajstić information content (AvgIpc) is 3.10. The van der Waals surface area contributed by atoms with Gasteiger partial charge in [-0.15, -0.1) is 0 Å². The minimum absolute atomic E-state index is 0.0709. The molecule has 2 aromatic carbocycles. The minimum Gasteiger partial charge on any atom is -0.274 e. The molecule has 0 radical (unpaired) electrons. The smallest absolute Gasteiger partial charge is 0.241 e. The molecule has 2 aromatic rings. The molecular weight excluding hydrogens is 480 g/mol. The SMILES string of the molecule is O=C1C2CNNC2N=C(SCc2cccc(Br)c2)N1c1ccc(Br)cc1. The Morgan fingerprint density at radius 1 is 1.15 bits per heavy atom. The zero-order valence-electron chi connectivity index (χ0n) is 13.7. The molecule has 1 fully saturated rings. The van der Waals surface area contributed by atoms with E-state index in [1.165, 1.54) is 5.56 Å². The average molecular weight is 496 g/mol. The van der Waals surface area contributed by atoms with E-state index in [2.05, 4.69) is 54.8 Å². The van der Waals surface area contributed by atoms with Gasteiger partial charge in [-0.3, -0.25) is 15.1 Å². The Morgan fingerprint density at radius 2 is 1.96 bits per heavy atom. The largest absolute Gasteiger partial charge is 0.274 e. The first-order chi connectivity index (χ1) is 12.6. The van der Waals surface area contributed by atoms with Crippen molar-refractivity contribution in [3.63, 3.8) is 0 Å². The first-order valence-electron chi connectivity index (χ1n) is 8.15. The number of amides is 1. The summed E-state index contributed by atoms with van der Waals surface area (Å²) in [6, 6.07) is 15.9. The summed E-state index contributed by atoms with van der Waals surface area (Å²) in [4.78, 5) is 19.6. The molecule has 2 heterocycles. The summed E-state index contributed by atoms with van der Waals surface area (Å²) in [6.07, 6.45) is -0.209. The highest BCUT2D eigenvalue weighted by Gasteiger charge is 2.42. The van der Waals surface area contributed by atoms with Crippen molar-refractivity contribution < 1.29 is 4.79 Å². The van der Waals surface area contributed by atoms with Crippen LogP contribution in [0.25, 0.3) is 0 Å². The maximum absolute atomic E-state index is 13.1. The molecule has 26 heavy (non-hydrogen) atoms. The van der Waals surface area contributed by atoms with Crippen LogP contribution in [0.4, 0.5) is 5.69 Å². The van der Waals surface area contributed by atoms with E-state index in [1.54, 1.807) is 16.7 Å². The first kappa shape index (κ1) is 18.2. The number of rotatable bonds is 3. The summed E-state index contributed by atoms with van der Waals surface area (Å²) < 4.78 is 2.02. The fourth-order valence-electron chi connectivity index (χ4n) is 2.97. The van der Waals surface area contributed by atoms with Gasteiger partial charge >= 0.3 is 0 Å². The number of nitrogens with zero attached hydrogens (tertiary/aromatic N) is 2. The van der Waals surface area contributed by atoms with Gasteiger partial charge < -0.3 is 0 Å². The van der Waals surface area contributed by atoms with Gasteiger partial charge in [0.2, 0.25) is 5.91 Å². The Labute approximate surface area is 172 Å². The molecule has 2 aliphatic heterocycles. The number of carbonyl (C=O) groups excluding carboxylic acids is 1. The van der Waals surface area contributed by atoms with Crippen molar-refractivity contribution in [3.8, 4) is 0 Å². The Morgan fingerprint density at radius 3 is 2.73 bits per heavy atom. The van der Waals surface area contributed by atoms with Crippen molar-refractivity contribution in [2.75, 3.05) is 11.4 Å². The molecule has 8 heteroatoms. The third-order valence-electron chi connectivity index (χ3n) is 4.27.